The molecular formula is C17H20N2OS. The Bertz CT molecular complexity index is 593. The summed E-state index contributed by atoms with van der Waals surface area (Å²) in [5.74, 6) is -0.0574. The third-order valence-electron chi connectivity index (χ3n) is 3.20. The van der Waals surface area contributed by atoms with E-state index in [-0.39, 0.29) is 11.9 Å². The highest BCUT2D eigenvalue weighted by molar-refractivity contribution is 7.98. The first-order chi connectivity index (χ1) is 10.1. The molecule has 2 rings (SSSR count). The third kappa shape index (κ3) is 4.53. The SMILES string of the molecule is CSc1ccc(C(C)Nc2ccc(NC(C)=O)cc2)cc1. The molecule has 0 aromatic heterocycles. The minimum absolute atomic E-state index is 0.0574. The molecule has 0 radical (unpaired) electrons. The van der Waals surface area contributed by atoms with E-state index in [1.54, 1.807) is 11.8 Å². The maximum Gasteiger partial charge on any atom is 0.221 e. The lowest BCUT2D eigenvalue weighted by Gasteiger charge is -2.16. The van der Waals surface area contributed by atoms with Crippen LogP contribution in [-0.4, -0.2) is 12.2 Å². The van der Waals surface area contributed by atoms with Crippen LogP contribution >= 0.6 is 11.8 Å². The first kappa shape index (κ1) is 15.4. The molecule has 0 aliphatic carbocycles. The smallest absolute Gasteiger partial charge is 0.221 e. The van der Waals surface area contributed by atoms with Crippen LogP contribution in [0, 0.1) is 0 Å². The average Bonchev–Trinajstić information content (AvgIpc) is 2.49. The van der Waals surface area contributed by atoms with Crippen LogP contribution in [0.2, 0.25) is 0 Å². The molecule has 21 heavy (non-hydrogen) atoms. The molecule has 1 unspecified atom stereocenters. The summed E-state index contributed by atoms with van der Waals surface area (Å²) in [7, 11) is 0. The predicted molar refractivity (Wildman–Crippen MR) is 91.0 cm³/mol. The van der Waals surface area contributed by atoms with Gasteiger partial charge in [-0.05, 0) is 55.1 Å². The summed E-state index contributed by atoms with van der Waals surface area (Å²) in [6, 6.07) is 16.5. The van der Waals surface area contributed by atoms with Gasteiger partial charge in [0.15, 0.2) is 0 Å². The number of thioether (sulfide) groups is 1. The molecule has 0 aliphatic rings. The Morgan fingerprint density at radius 3 is 2.10 bits per heavy atom. The van der Waals surface area contributed by atoms with Crippen molar-refractivity contribution in [3.05, 3.63) is 54.1 Å². The Kier molecular flexibility index (Phi) is 5.28. The van der Waals surface area contributed by atoms with E-state index in [1.165, 1.54) is 17.4 Å². The van der Waals surface area contributed by atoms with E-state index in [2.05, 4.69) is 48.1 Å². The number of benzene rings is 2. The molecule has 3 nitrogen and oxygen atoms in total. The van der Waals surface area contributed by atoms with Crippen molar-refractivity contribution in [3.8, 4) is 0 Å². The standard InChI is InChI=1S/C17H20N2OS/c1-12(14-4-10-17(21-3)11-5-14)18-15-6-8-16(9-7-15)19-13(2)20/h4-12,18H,1-3H3,(H,19,20). The summed E-state index contributed by atoms with van der Waals surface area (Å²) in [6.45, 7) is 3.64. The van der Waals surface area contributed by atoms with Crippen LogP contribution in [0.15, 0.2) is 53.4 Å². The zero-order chi connectivity index (χ0) is 15.2. The molecular weight excluding hydrogens is 280 g/mol. The quantitative estimate of drug-likeness (QED) is 0.797. The van der Waals surface area contributed by atoms with Gasteiger partial charge >= 0.3 is 0 Å². The molecule has 0 aliphatic heterocycles. The summed E-state index contributed by atoms with van der Waals surface area (Å²) in [4.78, 5) is 12.3. The predicted octanol–water partition coefficient (Wildman–Crippen LogP) is 4.54. The zero-order valence-corrected chi connectivity index (χ0v) is 13.3. The summed E-state index contributed by atoms with van der Waals surface area (Å²) in [5.41, 5.74) is 3.09. The molecule has 0 fully saturated rings. The maximum atomic E-state index is 11.0. The van der Waals surface area contributed by atoms with E-state index in [4.69, 9.17) is 0 Å². The number of hydrogen-bond donors (Lipinski definition) is 2. The van der Waals surface area contributed by atoms with Crippen molar-refractivity contribution in [2.75, 3.05) is 16.9 Å². The fourth-order valence-electron chi connectivity index (χ4n) is 2.08. The van der Waals surface area contributed by atoms with Gasteiger partial charge in [0.1, 0.15) is 0 Å². The number of hydrogen-bond acceptors (Lipinski definition) is 3. The second-order valence-electron chi connectivity index (χ2n) is 4.90. The van der Waals surface area contributed by atoms with Gasteiger partial charge in [0.25, 0.3) is 0 Å². The largest absolute Gasteiger partial charge is 0.379 e. The van der Waals surface area contributed by atoms with Gasteiger partial charge in [0, 0.05) is 29.2 Å². The van der Waals surface area contributed by atoms with Gasteiger partial charge in [-0.1, -0.05) is 12.1 Å². The van der Waals surface area contributed by atoms with Crippen LogP contribution in [0.25, 0.3) is 0 Å². The molecule has 0 saturated carbocycles. The molecule has 2 N–H and O–H groups in total. The topological polar surface area (TPSA) is 41.1 Å². The molecule has 1 atom stereocenters. The average molecular weight is 300 g/mol. The van der Waals surface area contributed by atoms with Crippen LogP contribution in [0.1, 0.15) is 25.5 Å². The lowest BCUT2D eigenvalue weighted by atomic mass is 10.1. The highest BCUT2D eigenvalue weighted by Gasteiger charge is 2.05. The number of anilines is 2. The minimum atomic E-state index is -0.0574. The van der Waals surface area contributed by atoms with Crippen LogP contribution in [0.5, 0.6) is 0 Å². The van der Waals surface area contributed by atoms with Gasteiger partial charge in [-0.15, -0.1) is 11.8 Å². The minimum Gasteiger partial charge on any atom is -0.379 e. The Hall–Kier alpha value is -1.94. The third-order valence-corrected chi connectivity index (χ3v) is 3.95. The molecule has 0 saturated heterocycles. The summed E-state index contributed by atoms with van der Waals surface area (Å²) in [6.07, 6.45) is 2.08. The maximum absolute atomic E-state index is 11.0. The van der Waals surface area contributed by atoms with E-state index >= 15 is 0 Å². The molecule has 2 aromatic rings. The molecule has 2 aromatic carbocycles. The first-order valence-electron chi connectivity index (χ1n) is 6.86. The van der Waals surface area contributed by atoms with E-state index < -0.39 is 0 Å². The lowest BCUT2D eigenvalue weighted by Crippen LogP contribution is -2.07. The van der Waals surface area contributed by atoms with Crippen LogP contribution in [-0.2, 0) is 4.79 Å². The van der Waals surface area contributed by atoms with E-state index in [1.807, 2.05) is 24.3 Å². The van der Waals surface area contributed by atoms with Crippen molar-refractivity contribution in [2.45, 2.75) is 24.8 Å². The lowest BCUT2D eigenvalue weighted by molar-refractivity contribution is -0.114. The van der Waals surface area contributed by atoms with Crippen molar-refractivity contribution >= 4 is 29.0 Å². The molecule has 0 bridgehead atoms. The van der Waals surface area contributed by atoms with Gasteiger partial charge in [-0.2, -0.15) is 0 Å². The normalized spacial score (nSPS) is 11.8. The van der Waals surface area contributed by atoms with Crippen LogP contribution in [0.4, 0.5) is 11.4 Å². The highest BCUT2D eigenvalue weighted by Crippen LogP contribution is 2.23. The summed E-state index contributed by atoms with van der Waals surface area (Å²) < 4.78 is 0. The van der Waals surface area contributed by atoms with Gasteiger partial charge in [0.05, 0.1) is 0 Å². The molecule has 1 amide bonds. The molecule has 0 spiro atoms. The van der Waals surface area contributed by atoms with E-state index in [0.29, 0.717) is 0 Å². The van der Waals surface area contributed by atoms with Crippen molar-refractivity contribution < 1.29 is 4.79 Å². The molecule has 0 heterocycles. The molecule has 4 heteroatoms. The second kappa shape index (κ2) is 7.18. The Morgan fingerprint density at radius 1 is 1.00 bits per heavy atom. The number of carbonyl (C=O) groups excluding carboxylic acids is 1. The highest BCUT2D eigenvalue weighted by atomic mass is 32.2. The second-order valence-corrected chi connectivity index (χ2v) is 5.78. The Morgan fingerprint density at radius 2 is 1.57 bits per heavy atom. The van der Waals surface area contributed by atoms with Gasteiger partial charge < -0.3 is 10.6 Å². The fraction of sp³-hybridized carbons (Fsp3) is 0.235. The van der Waals surface area contributed by atoms with Crippen molar-refractivity contribution in [1.29, 1.82) is 0 Å². The summed E-state index contributed by atoms with van der Waals surface area (Å²) in [5, 5.41) is 6.22. The number of carbonyl (C=O) groups is 1. The van der Waals surface area contributed by atoms with Gasteiger partial charge in [-0.25, -0.2) is 0 Å². The van der Waals surface area contributed by atoms with Crippen LogP contribution < -0.4 is 10.6 Å². The van der Waals surface area contributed by atoms with Gasteiger partial charge in [-0.3, -0.25) is 4.79 Å². The molecule has 110 valence electrons. The van der Waals surface area contributed by atoms with Crippen molar-refractivity contribution in [1.82, 2.24) is 0 Å². The number of rotatable bonds is 5. The number of amides is 1. The van der Waals surface area contributed by atoms with Gasteiger partial charge in [0.2, 0.25) is 5.91 Å². The zero-order valence-electron chi connectivity index (χ0n) is 12.5. The van der Waals surface area contributed by atoms with E-state index in [9.17, 15) is 4.79 Å². The van der Waals surface area contributed by atoms with Crippen LogP contribution in [0.3, 0.4) is 0 Å². The first-order valence-corrected chi connectivity index (χ1v) is 8.09. The van der Waals surface area contributed by atoms with Crippen molar-refractivity contribution in [2.24, 2.45) is 0 Å². The monoisotopic (exact) mass is 300 g/mol. The van der Waals surface area contributed by atoms with E-state index in [0.717, 1.165) is 11.4 Å². The van der Waals surface area contributed by atoms with Crippen molar-refractivity contribution in [3.63, 3.8) is 0 Å². The Balaban J connectivity index is 2.01. The Labute approximate surface area is 130 Å². The number of nitrogens with one attached hydrogen (secondary N) is 2. The summed E-state index contributed by atoms with van der Waals surface area (Å²) >= 11 is 1.74. The fourth-order valence-corrected chi connectivity index (χ4v) is 2.49.